The smallest absolute Gasteiger partial charge is 0.283 e. The van der Waals surface area contributed by atoms with Crippen molar-refractivity contribution in [3.05, 3.63) is 44.4 Å². The third-order valence-electron chi connectivity index (χ3n) is 2.58. The summed E-state index contributed by atoms with van der Waals surface area (Å²) in [7, 11) is 0. The zero-order valence-corrected chi connectivity index (χ0v) is 13.4. The predicted octanol–water partition coefficient (Wildman–Crippen LogP) is 3.36. The van der Waals surface area contributed by atoms with Crippen molar-refractivity contribution >= 4 is 51.8 Å². The molecular weight excluding hydrogens is 331 g/mol. The van der Waals surface area contributed by atoms with Gasteiger partial charge in [0.15, 0.2) is 5.13 Å². The van der Waals surface area contributed by atoms with Gasteiger partial charge in [0.2, 0.25) is 0 Å². The molecule has 2 aromatic rings. The van der Waals surface area contributed by atoms with Crippen LogP contribution in [-0.4, -0.2) is 17.1 Å². The number of carbonyl (C=O) groups is 1. The normalized spacial score (nSPS) is 11.0. The summed E-state index contributed by atoms with van der Waals surface area (Å²) in [4.78, 5) is 16.6. The lowest BCUT2D eigenvalue weighted by atomic mass is 10.2. The monoisotopic (exact) mass is 342 g/mol. The highest BCUT2D eigenvalue weighted by molar-refractivity contribution is 7.17. The van der Waals surface area contributed by atoms with E-state index in [4.69, 9.17) is 28.9 Å². The largest absolute Gasteiger partial charge is 0.375 e. The first-order valence-corrected chi connectivity index (χ1v) is 7.62. The van der Waals surface area contributed by atoms with Crippen LogP contribution in [-0.2, 0) is 6.42 Å². The van der Waals surface area contributed by atoms with Gasteiger partial charge in [-0.15, -0.1) is 0 Å². The molecule has 2 rings (SSSR count). The number of aryl methyl sites for hydroxylation is 1. The maximum atomic E-state index is 12.0. The Balaban J connectivity index is 2.06. The van der Waals surface area contributed by atoms with Crippen molar-refractivity contribution in [2.24, 2.45) is 5.10 Å². The summed E-state index contributed by atoms with van der Waals surface area (Å²) in [6.07, 6.45) is 2.11. The number of nitrogen functional groups attached to an aromatic ring is 1. The molecule has 1 heterocycles. The number of hydrogen-bond acceptors (Lipinski definition) is 5. The molecule has 0 fully saturated rings. The number of rotatable bonds is 4. The average Bonchev–Trinajstić information content (AvgIpc) is 2.84. The van der Waals surface area contributed by atoms with Crippen LogP contribution >= 0.6 is 34.5 Å². The molecule has 0 spiro atoms. The van der Waals surface area contributed by atoms with E-state index in [0.717, 1.165) is 16.9 Å². The molecule has 0 bridgehead atoms. The third-order valence-corrected chi connectivity index (χ3v) is 4.24. The highest BCUT2D eigenvalue weighted by Gasteiger charge is 2.15. The van der Waals surface area contributed by atoms with Gasteiger partial charge in [-0.1, -0.05) is 47.5 Å². The summed E-state index contributed by atoms with van der Waals surface area (Å²) in [6, 6.07) is 5.06. The lowest BCUT2D eigenvalue weighted by molar-refractivity contribution is 0.0958. The summed E-state index contributed by atoms with van der Waals surface area (Å²) in [5.74, 6) is -0.336. The van der Waals surface area contributed by atoms with Crippen LogP contribution in [0.3, 0.4) is 0 Å². The first kappa shape index (κ1) is 15.8. The summed E-state index contributed by atoms with van der Waals surface area (Å²) in [5.41, 5.74) is 9.44. The molecule has 3 N–H and O–H groups in total. The minimum absolute atomic E-state index is 0.336. The number of carbonyl (C=O) groups excluding carboxylic acids is 1. The molecule has 0 aliphatic rings. The molecule has 21 heavy (non-hydrogen) atoms. The minimum Gasteiger partial charge on any atom is -0.375 e. The van der Waals surface area contributed by atoms with Crippen molar-refractivity contribution in [1.29, 1.82) is 0 Å². The van der Waals surface area contributed by atoms with Crippen LogP contribution in [0.2, 0.25) is 10.0 Å². The van der Waals surface area contributed by atoms with Crippen LogP contribution in [0.5, 0.6) is 0 Å². The molecule has 110 valence electrons. The maximum Gasteiger partial charge on any atom is 0.283 e. The molecule has 0 aliphatic carbocycles. The van der Waals surface area contributed by atoms with Gasteiger partial charge >= 0.3 is 0 Å². The van der Waals surface area contributed by atoms with Gasteiger partial charge in [0.1, 0.15) is 4.88 Å². The number of benzene rings is 1. The summed E-state index contributed by atoms with van der Waals surface area (Å²) < 4.78 is 0. The molecule has 1 aromatic carbocycles. The van der Waals surface area contributed by atoms with E-state index in [1.165, 1.54) is 6.21 Å². The Morgan fingerprint density at radius 1 is 1.48 bits per heavy atom. The Bertz CT molecular complexity index is 699. The van der Waals surface area contributed by atoms with Gasteiger partial charge in [0, 0.05) is 0 Å². The second-order valence-electron chi connectivity index (χ2n) is 4.05. The number of nitrogens with zero attached hydrogens (tertiary/aromatic N) is 2. The van der Waals surface area contributed by atoms with E-state index < -0.39 is 0 Å². The van der Waals surface area contributed by atoms with Crippen LogP contribution in [0.15, 0.2) is 23.3 Å². The van der Waals surface area contributed by atoms with Gasteiger partial charge in [-0.3, -0.25) is 4.79 Å². The molecular formula is C13H12Cl2N4OS. The topological polar surface area (TPSA) is 80.4 Å². The Labute approximate surface area is 135 Å². The van der Waals surface area contributed by atoms with E-state index in [1.807, 2.05) is 6.92 Å². The summed E-state index contributed by atoms with van der Waals surface area (Å²) >= 11 is 12.8. The number of hydrazone groups is 1. The zero-order valence-electron chi connectivity index (χ0n) is 11.1. The van der Waals surface area contributed by atoms with E-state index in [-0.39, 0.29) is 5.91 Å². The van der Waals surface area contributed by atoms with Crippen molar-refractivity contribution in [2.45, 2.75) is 13.3 Å². The third kappa shape index (κ3) is 3.93. The average molecular weight is 343 g/mol. The van der Waals surface area contributed by atoms with E-state index in [1.54, 1.807) is 18.2 Å². The Hall–Kier alpha value is -1.63. The fourth-order valence-corrected chi connectivity index (χ4v) is 2.71. The predicted molar refractivity (Wildman–Crippen MR) is 87.4 cm³/mol. The van der Waals surface area contributed by atoms with Crippen LogP contribution in [0.25, 0.3) is 0 Å². The number of nitrogens with two attached hydrogens (primary N) is 1. The van der Waals surface area contributed by atoms with Gasteiger partial charge in [0.25, 0.3) is 5.91 Å². The van der Waals surface area contributed by atoms with E-state index in [9.17, 15) is 4.79 Å². The molecule has 0 radical (unpaired) electrons. The van der Waals surface area contributed by atoms with E-state index in [0.29, 0.717) is 32.2 Å². The lowest BCUT2D eigenvalue weighted by Gasteiger charge is -1.99. The number of halogens is 2. The first-order chi connectivity index (χ1) is 10.0. The van der Waals surface area contributed by atoms with E-state index >= 15 is 0 Å². The quantitative estimate of drug-likeness (QED) is 0.660. The Kier molecular flexibility index (Phi) is 5.17. The van der Waals surface area contributed by atoms with Crippen molar-refractivity contribution in [1.82, 2.24) is 10.4 Å². The van der Waals surface area contributed by atoms with Gasteiger partial charge in [-0.2, -0.15) is 5.10 Å². The Morgan fingerprint density at radius 3 is 2.90 bits per heavy atom. The van der Waals surface area contributed by atoms with E-state index in [2.05, 4.69) is 15.5 Å². The second-order valence-corrected chi connectivity index (χ2v) is 5.90. The molecule has 5 nitrogen and oxygen atoms in total. The molecule has 0 saturated heterocycles. The highest BCUT2D eigenvalue weighted by Crippen LogP contribution is 2.22. The van der Waals surface area contributed by atoms with Gasteiger partial charge in [0.05, 0.1) is 22.0 Å². The first-order valence-electron chi connectivity index (χ1n) is 6.05. The van der Waals surface area contributed by atoms with Crippen molar-refractivity contribution in [2.75, 3.05) is 5.73 Å². The molecule has 1 amide bonds. The van der Waals surface area contributed by atoms with Crippen molar-refractivity contribution in [3.8, 4) is 0 Å². The summed E-state index contributed by atoms with van der Waals surface area (Å²) in [5, 5.41) is 5.14. The molecule has 0 aliphatic heterocycles. The number of anilines is 1. The number of aromatic nitrogens is 1. The molecule has 8 heteroatoms. The van der Waals surface area contributed by atoms with Crippen LogP contribution < -0.4 is 11.2 Å². The second kappa shape index (κ2) is 6.89. The van der Waals surface area contributed by atoms with Crippen molar-refractivity contribution in [3.63, 3.8) is 0 Å². The number of hydrogen-bond donors (Lipinski definition) is 2. The molecule has 0 saturated carbocycles. The highest BCUT2D eigenvalue weighted by atomic mass is 35.5. The minimum atomic E-state index is -0.336. The lowest BCUT2D eigenvalue weighted by Crippen LogP contribution is -2.17. The fraction of sp³-hybridized carbons (Fsp3) is 0.154. The summed E-state index contributed by atoms with van der Waals surface area (Å²) in [6.45, 7) is 1.91. The number of thiazole rings is 1. The molecule has 0 unspecified atom stereocenters. The number of nitrogens with one attached hydrogen (secondary N) is 1. The number of amides is 1. The maximum absolute atomic E-state index is 12.0. The standard InChI is InChI=1S/C13H12Cl2N4OS/c1-2-10-11(21-13(16)18-10)12(20)19-17-6-7-3-4-8(14)9(15)5-7/h3-6H,2H2,1H3,(H2,16,18)(H,19,20). The molecule has 1 aromatic heterocycles. The van der Waals surface area contributed by atoms with Crippen LogP contribution in [0.4, 0.5) is 5.13 Å². The van der Waals surface area contributed by atoms with Crippen LogP contribution in [0, 0.1) is 0 Å². The fourth-order valence-electron chi connectivity index (χ4n) is 1.60. The molecule has 0 atom stereocenters. The van der Waals surface area contributed by atoms with Gasteiger partial charge in [-0.25, -0.2) is 10.4 Å². The van der Waals surface area contributed by atoms with Crippen LogP contribution in [0.1, 0.15) is 27.9 Å². The van der Waals surface area contributed by atoms with Crippen molar-refractivity contribution < 1.29 is 4.79 Å². The van der Waals surface area contributed by atoms with Gasteiger partial charge < -0.3 is 5.73 Å². The Morgan fingerprint density at radius 2 is 2.24 bits per heavy atom. The SMILES string of the molecule is CCc1nc(N)sc1C(=O)NN=Cc1ccc(Cl)c(Cl)c1. The zero-order chi connectivity index (χ0) is 15.4. The van der Waals surface area contributed by atoms with Gasteiger partial charge in [-0.05, 0) is 24.1 Å².